The lowest BCUT2D eigenvalue weighted by Crippen LogP contribution is -2.42. The fraction of sp³-hybridized carbons (Fsp3) is 0.636. The molecule has 0 saturated carbocycles. The zero-order valence-electron chi connectivity index (χ0n) is 10.6. The van der Waals surface area contributed by atoms with Crippen molar-refractivity contribution in [3.05, 3.63) is 17.5 Å². The summed E-state index contributed by atoms with van der Waals surface area (Å²) in [4.78, 5) is 10.9. The van der Waals surface area contributed by atoms with Crippen molar-refractivity contribution in [2.75, 3.05) is 13.1 Å². The maximum Gasteiger partial charge on any atom is 0.307 e. The molecule has 2 rings (SSSR count). The maximum atomic E-state index is 12.2. The molecule has 0 radical (unpaired) electrons. The fourth-order valence-corrected chi connectivity index (χ4v) is 3.64. The Hall–Kier alpha value is -1.41. The average Bonchev–Trinajstić information content (AvgIpc) is 2.74. The van der Waals surface area contributed by atoms with Crippen molar-refractivity contribution in [1.29, 1.82) is 0 Å². The molecule has 19 heavy (non-hydrogen) atoms. The van der Waals surface area contributed by atoms with Gasteiger partial charge < -0.3 is 9.63 Å². The Labute approximate surface area is 111 Å². The minimum atomic E-state index is -3.55. The molecule has 1 aliphatic heterocycles. The van der Waals surface area contributed by atoms with E-state index >= 15 is 0 Å². The number of rotatable bonds is 4. The Kier molecular flexibility index (Phi) is 3.91. The van der Waals surface area contributed by atoms with Crippen LogP contribution in [0, 0.1) is 12.8 Å². The largest absolute Gasteiger partial charge is 0.481 e. The van der Waals surface area contributed by atoms with Crippen molar-refractivity contribution in [3.63, 3.8) is 0 Å². The molecule has 0 aromatic carbocycles. The van der Waals surface area contributed by atoms with E-state index in [0.717, 1.165) is 0 Å². The number of hydrogen-bond donors (Lipinski definition) is 1. The lowest BCUT2D eigenvalue weighted by atomic mass is 10.0. The molecule has 106 valence electrons. The van der Waals surface area contributed by atoms with Gasteiger partial charge >= 0.3 is 5.97 Å². The van der Waals surface area contributed by atoms with E-state index in [9.17, 15) is 13.2 Å². The first-order chi connectivity index (χ1) is 8.88. The predicted molar refractivity (Wildman–Crippen MR) is 65.8 cm³/mol. The summed E-state index contributed by atoms with van der Waals surface area (Å²) in [5.74, 6) is -1.58. The van der Waals surface area contributed by atoms with E-state index in [1.807, 2.05) is 0 Å². The molecule has 0 bridgehead atoms. The molecule has 1 atom stereocenters. The summed E-state index contributed by atoms with van der Waals surface area (Å²) < 4.78 is 30.5. The van der Waals surface area contributed by atoms with Crippen molar-refractivity contribution in [2.45, 2.75) is 25.5 Å². The summed E-state index contributed by atoms with van der Waals surface area (Å²) in [6, 6.07) is 1.57. The summed E-state index contributed by atoms with van der Waals surface area (Å²) in [5, 5.41) is 12.6. The van der Waals surface area contributed by atoms with Crippen LogP contribution in [0.25, 0.3) is 0 Å². The van der Waals surface area contributed by atoms with E-state index in [-0.39, 0.29) is 18.1 Å². The third-order valence-electron chi connectivity index (χ3n) is 3.13. The van der Waals surface area contributed by atoms with Crippen LogP contribution in [-0.2, 0) is 20.6 Å². The van der Waals surface area contributed by atoms with Gasteiger partial charge in [-0.15, -0.1) is 0 Å². The van der Waals surface area contributed by atoms with Crippen LogP contribution in [0.15, 0.2) is 10.6 Å². The first-order valence-electron chi connectivity index (χ1n) is 6.01. The first kappa shape index (κ1) is 14.0. The van der Waals surface area contributed by atoms with Crippen LogP contribution in [0.3, 0.4) is 0 Å². The summed E-state index contributed by atoms with van der Waals surface area (Å²) in [6.45, 7) is 2.10. The van der Waals surface area contributed by atoms with Gasteiger partial charge in [0.1, 0.15) is 5.75 Å². The van der Waals surface area contributed by atoms with Crippen LogP contribution in [0.4, 0.5) is 0 Å². The van der Waals surface area contributed by atoms with Gasteiger partial charge in [0.05, 0.1) is 11.6 Å². The van der Waals surface area contributed by atoms with E-state index in [1.54, 1.807) is 13.0 Å². The highest BCUT2D eigenvalue weighted by atomic mass is 32.2. The van der Waals surface area contributed by atoms with E-state index in [4.69, 9.17) is 9.63 Å². The molecule has 0 amide bonds. The van der Waals surface area contributed by atoms with Gasteiger partial charge in [-0.05, 0) is 19.8 Å². The number of piperidine rings is 1. The number of sulfonamides is 1. The molecule has 1 aromatic rings. The van der Waals surface area contributed by atoms with Gasteiger partial charge in [0.25, 0.3) is 0 Å². The topological polar surface area (TPSA) is 101 Å². The third kappa shape index (κ3) is 3.32. The summed E-state index contributed by atoms with van der Waals surface area (Å²) >= 11 is 0. The number of nitrogens with zero attached hydrogens (tertiary/aromatic N) is 2. The van der Waals surface area contributed by atoms with Crippen LogP contribution in [-0.4, -0.2) is 42.0 Å². The van der Waals surface area contributed by atoms with Crippen molar-refractivity contribution >= 4 is 16.0 Å². The standard InChI is InChI=1S/C11H16N2O5S/c1-8-5-10(18-12-8)7-19(16,17)13-4-2-3-9(6-13)11(14)15/h5,9H,2-4,6-7H2,1H3,(H,14,15). The smallest absolute Gasteiger partial charge is 0.307 e. The van der Waals surface area contributed by atoms with Crippen molar-refractivity contribution in [3.8, 4) is 0 Å². The van der Waals surface area contributed by atoms with Crippen LogP contribution in [0.2, 0.25) is 0 Å². The second kappa shape index (κ2) is 5.30. The molecule has 1 aromatic heterocycles. The number of aryl methyl sites for hydroxylation is 1. The fourth-order valence-electron chi connectivity index (χ4n) is 2.15. The summed E-state index contributed by atoms with van der Waals surface area (Å²) in [7, 11) is -3.55. The normalized spacial score (nSPS) is 21.4. The van der Waals surface area contributed by atoms with Crippen LogP contribution in [0.5, 0.6) is 0 Å². The molecule has 7 nitrogen and oxygen atoms in total. The second-order valence-corrected chi connectivity index (χ2v) is 6.70. The quantitative estimate of drug-likeness (QED) is 0.871. The van der Waals surface area contributed by atoms with Gasteiger partial charge in [-0.1, -0.05) is 5.16 Å². The highest BCUT2D eigenvalue weighted by Crippen LogP contribution is 2.21. The highest BCUT2D eigenvalue weighted by Gasteiger charge is 2.32. The highest BCUT2D eigenvalue weighted by molar-refractivity contribution is 7.88. The minimum Gasteiger partial charge on any atom is -0.481 e. The molecule has 8 heteroatoms. The van der Waals surface area contributed by atoms with Crippen LogP contribution in [0.1, 0.15) is 24.3 Å². The molecule has 2 heterocycles. The Morgan fingerprint density at radius 3 is 2.95 bits per heavy atom. The van der Waals surface area contributed by atoms with Crippen LogP contribution >= 0.6 is 0 Å². The summed E-state index contributed by atoms with van der Waals surface area (Å²) in [6.07, 6.45) is 1.08. The zero-order chi connectivity index (χ0) is 14.0. The van der Waals surface area contributed by atoms with E-state index in [2.05, 4.69) is 5.16 Å². The Bertz CT molecular complexity index is 565. The third-order valence-corrected chi connectivity index (χ3v) is 4.90. The number of carboxylic acids is 1. The molecule has 1 aliphatic rings. The van der Waals surface area contributed by atoms with Crippen molar-refractivity contribution in [1.82, 2.24) is 9.46 Å². The maximum absolute atomic E-state index is 12.2. The Balaban J connectivity index is 2.08. The SMILES string of the molecule is Cc1cc(CS(=O)(=O)N2CCCC(C(=O)O)C2)on1. The van der Waals surface area contributed by atoms with E-state index in [0.29, 0.717) is 25.1 Å². The van der Waals surface area contributed by atoms with Gasteiger partial charge in [0.15, 0.2) is 5.76 Å². The number of carboxylic acid groups (broad SMARTS) is 1. The number of hydrogen-bond acceptors (Lipinski definition) is 5. The molecule has 1 fully saturated rings. The monoisotopic (exact) mass is 288 g/mol. The summed E-state index contributed by atoms with van der Waals surface area (Å²) in [5.41, 5.74) is 0.618. The molecule has 1 unspecified atom stereocenters. The van der Waals surface area contributed by atoms with Gasteiger partial charge in [0, 0.05) is 19.2 Å². The van der Waals surface area contributed by atoms with Gasteiger partial charge in [-0.25, -0.2) is 12.7 Å². The van der Waals surface area contributed by atoms with Gasteiger partial charge in [-0.3, -0.25) is 4.79 Å². The Morgan fingerprint density at radius 1 is 1.63 bits per heavy atom. The minimum absolute atomic E-state index is 0.0325. The van der Waals surface area contributed by atoms with Gasteiger partial charge in [0.2, 0.25) is 10.0 Å². The predicted octanol–water partition coefficient (Wildman–Crippen LogP) is 0.609. The molecule has 1 saturated heterocycles. The van der Waals surface area contributed by atoms with E-state index < -0.39 is 21.9 Å². The van der Waals surface area contributed by atoms with Gasteiger partial charge in [-0.2, -0.15) is 0 Å². The molecular weight excluding hydrogens is 272 g/mol. The number of aliphatic carboxylic acids is 1. The molecule has 1 N–H and O–H groups in total. The molecule has 0 aliphatic carbocycles. The van der Waals surface area contributed by atoms with Crippen molar-refractivity contribution < 1.29 is 22.8 Å². The Morgan fingerprint density at radius 2 is 2.37 bits per heavy atom. The van der Waals surface area contributed by atoms with Crippen molar-refractivity contribution in [2.24, 2.45) is 5.92 Å². The number of aromatic nitrogens is 1. The second-order valence-electron chi connectivity index (χ2n) is 4.73. The zero-order valence-corrected chi connectivity index (χ0v) is 11.4. The average molecular weight is 288 g/mol. The lowest BCUT2D eigenvalue weighted by molar-refractivity contribution is -0.142. The first-order valence-corrected chi connectivity index (χ1v) is 7.62. The number of carbonyl (C=O) groups is 1. The molecule has 0 spiro atoms. The lowest BCUT2D eigenvalue weighted by Gasteiger charge is -2.29. The van der Waals surface area contributed by atoms with E-state index in [1.165, 1.54) is 4.31 Å². The van der Waals surface area contributed by atoms with Crippen LogP contribution < -0.4 is 0 Å². The molecular formula is C11H16N2O5S.